The van der Waals surface area contributed by atoms with E-state index in [0.29, 0.717) is 17.4 Å². The quantitative estimate of drug-likeness (QED) is 0.742. The first kappa shape index (κ1) is 13.2. The number of allylic oxidation sites excluding steroid dienone is 1. The van der Waals surface area contributed by atoms with E-state index in [4.69, 9.17) is 4.42 Å². The van der Waals surface area contributed by atoms with E-state index in [1.54, 1.807) is 30.3 Å². The van der Waals surface area contributed by atoms with E-state index >= 15 is 0 Å². The molecule has 0 spiro atoms. The highest BCUT2D eigenvalue weighted by molar-refractivity contribution is 5.86. The van der Waals surface area contributed by atoms with Crippen LogP contribution >= 0.6 is 0 Å². The van der Waals surface area contributed by atoms with Crippen molar-refractivity contribution < 1.29 is 9.52 Å². The summed E-state index contributed by atoms with van der Waals surface area (Å²) >= 11 is 0. The monoisotopic (exact) mass is 278 g/mol. The molecule has 0 aliphatic rings. The molecule has 3 heteroatoms. The van der Waals surface area contributed by atoms with Crippen LogP contribution in [0.5, 0.6) is 5.75 Å². The fourth-order valence-electron chi connectivity index (χ4n) is 2.22. The lowest BCUT2D eigenvalue weighted by atomic mass is 10.1. The number of aromatic hydroxyl groups is 1. The third-order valence-electron chi connectivity index (χ3n) is 3.30. The van der Waals surface area contributed by atoms with E-state index in [1.807, 2.05) is 36.4 Å². The molecule has 0 unspecified atom stereocenters. The molecule has 0 bridgehead atoms. The zero-order valence-corrected chi connectivity index (χ0v) is 11.3. The number of benzene rings is 2. The van der Waals surface area contributed by atoms with Crippen LogP contribution in [0.25, 0.3) is 17.0 Å². The molecule has 21 heavy (non-hydrogen) atoms. The molecule has 0 radical (unpaired) electrons. The highest BCUT2D eigenvalue weighted by Crippen LogP contribution is 2.26. The number of hydrogen-bond donors (Lipinski definition) is 1. The van der Waals surface area contributed by atoms with Crippen molar-refractivity contribution in [3.63, 3.8) is 0 Å². The molecule has 0 fully saturated rings. The van der Waals surface area contributed by atoms with Gasteiger partial charge in [-0.3, -0.25) is 0 Å². The average Bonchev–Trinajstić information content (AvgIpc) is 2.51. The molecule has 3 rings (SSSR count). The molecule has 1 N–H and O–H groups in total. The number of para-hydroxylation sites is 1. The van der Waals surface area contributed by atoms with E-state index in [-0.39, 0.29) is 11.3 Å². The van der Waals surface area contributed by atoms with Crippen LogP contribution in [0, 0.1) is 0 Å². The van der Waals surface area contributed by atoms with Crippen molar-refractivity contribution in [2.24, 2.45) is 0 Å². The van der Waals surface area contributed by atoms with Crippen molar-refractivity contribution in [1.29, 1.82) is 0 Å². The molecule has 3 aromatic rings. The minimum absolute atomic E-state index is 0.0360. The molecule has 0 aliphatic carbocycles. The summed E-state index contributed by atoms with van der Waals surface area (Å²) in [6.45, 7) is 0. The van der Waals surface area contributed by atoms with Crippen LogP contribution in [0.3, 0.4) is 0 Å². The Morgan fingerprint density at radius 2 is 1.71 bits per heavy atom. The Bertz CT molecular complexity index is 845. The number of hydrogen-bond acceptors (Lipinski definition) is 3. The molecule has 1 aromatic heterocycles. The van der Waals surface area contributed by atoms with Crippen molar-refractivity contribution in [3.8, 4) is 5.75 Å². The predicted octanol–water partition coefficient (Wildman–Crippen LogP) is 3.75. The predicted molar refractivity (Wildman–Crippen MR) is 83.3 cm³/mol. The summed E-state index contributed by atoms with van der Waals surface area (Å²) in [7, 11) is 0. The lowest BCUT2D eigenvalue weighted by Crippen LogP contribution is -2.03. The SMILES string of the molecule is O=c1oc2ccccc2c(O)c1C=CCc1ccccc1. The first-order chi connectivity index (χ1) is 10.3. The lowest BCUT2D eigenvalue weighted by molar-refractivity contribution is 0.466. The third-order valence-corrected chi connectivity index (χ3v) is 3.30. The second-order valence-electron chi connectivity index (χ2n) is 4.74. The molecular weight excluding hydrogens is 264 g/mol. The zero-order valence-electron chi connectivity index (χ0n) is 11.3. The maximum Gasteiger partial charge on any atom is 0.347 e. The summed E-state index contributed by atoms with van der Waals surface area (Å²) in [4.78, 5) is 11.9. The summed E-state index contributed by atoms with van der Waals surface area (Å²) in [6.07, 6.45) is 4.14. The topological polar surface area (TPSA) is 50.4 Å². The second-order valence-corrected chi connectivity index (χ2v) is 4.74. The van der Waals surface area contributed by atoms with Crippen molar-refractivity contribution in [2.75, 3.05) is 0 Å². The molecule has 0 atom stereocenters. The fourth-order valence-corrected chi connectivity index (χ4v) is 2.22. The molecule has 0 saturated heterocycles. The van der Waals surface area contributed by atoms with E-state index < -0.39 is 5.63 Å². The van der Waals surface area contributed by atoms with Crippen LogP contribution in [-0.4, -0.2) is 5.11 Å². The lowest BCUT2D eigenvalue weighted by Gasteiger charge is -2.02. The first-order valence-corrected chi connectivity index (χ1v) is 6.71. The van der Waals surface area contributed by atoms with Crippen LogP contribution < -0.4 is 5.63 Å². The highest BCUT2D eigenvalue weighted by atomic mass is 16.4. The maximum absolute atomic E-state index is 11.9. The van der Waals surface area contributed by atoms with E-state index in [9.17, 15) is 9.90 Å². The molecule has 0 amide bonds. The summed E-state index contributed by atoms with van der Waals surface area (Å²) < 4.78 is 5.21. The molecule has 1 heterocycles. The summed E-state index contributed by atoms with van der Waals surface area (Å²) in [5, 5.41) is 10.8. The zero-order chi connectivity index (χ0) is 14.7. The van der Waals surface area contributed by atoms with Gasteiger partial charge in [-0.05, 0) is 30.2 Å². The molecule has 2 aromatic carbocycles. The maximum atomic E-state index is 11.9. The molecule has 3 nitrogen and oxygen atoms in total. The van der Waals surface area contributed by atoms with Crippen LogP contribution in [0.1, 0.15) is 11.1 Å². The Hall–Kier alpha value is -2.81. The van der Waals surface area contributed by atoms with E-state index in [0.717, 1.165) is 5.56 Å². The average molecular weight is 278 g/mol. The van der Waals surface area contributed by atoms with Crippen molar-refractivity contribution >= 4 is 17.0 Å². The largest absolute Gasteiger partial charge is 0.506 e. The molecule has 0 aliphatic heterocycles. The van der Waals surface area contributed by atoms with Gasteiger partial charge >= 0.3 is 5.63 Å². The van der Waals surface area contributed by atoms with Gasteiger partial charge in [0.05, 0.1) is 5.39 Å². The van der Waals surface area contributed by atoms with Crippen LogP contribution in [-0.2, 0) is 6.42 Å². The minimum atomic E-state index is -0.532. The second kappa shape index (κ2) is 5.67. The van der Waals surface area contributed by atoms with Gasteiger partial charge in [0.25, 0.3) is 0 Å². The van der Waals surface area contributed by atoms with Gasteiger partial charge in [0, 0.05) is 0 Å². The van der Waals surface area contributed by atoms with Crippen molar-refractivity contribution in [2.45, 2.75) is 6.42 Å². The van der Waals surface area contributed by atoms with E-state index in [1.165, 1.54) is 0 Å². The normalized spacial score (nSPS) is 11.2. The van der Waals surface area contributed by atoms with Gasteiger partial charge in [-0.15, -0.1) is 0 Å². The Balaban J connectivity index is 1.95. The van der Waals surface area contributed by atoms with Gasteiger partial charge in [0.2, 0.25) is 0 Å². The number of fused-ring (bicyclic) bond motifs is 1. The van der Waals surface area contributed by atoms with Gasteiger partial charge in [-0.2, -0.15) is 0 Å². The molecule has 104 valence electrons. The standard InChI is InChI=1S/C18H14O3/c19-17-14-10-4-5-12-16(14)21-18(20)15(17)11-6-9-13-7-2-1-3-8-13/h1-8,10-12,19H,9H2. The Labute approximate surface area is 121 Å². The third kappa shape index (κ3) is 2.72. The minimum Gasteiger partial charge on any atom is -0.506 e. The smallest absolute Gasteiger partial charge is 0.347 e. The Kier molecular flexibility index (Phi) is 3.56. The Morgan fingerprint density at radius 1 is 1.00 bits per heavy atom. The van der Waals surface area contributed by atoms with Crippen LogP contribution in [0.2, 0.25) is 0 Å². The summed E-state index contributed by atoms with van der Waals surface area (Å²) in [5.41, 5.74) is 1.18. The summed E-state index contributed by atoms with van der Waals surface area (Å²) in [5.74, 6) is -0.0360. The molecule has 0 saturated carbocycles. The van der Waals surface area contributed by atoms with Crippen molar-refractivity contribution in [3.05, 3.63) is 82.2 Å². The van der Waals surface area contributed by atoms with Gasteiger partial charge in [-0.1, -0.05) is 48.5 Å². The molecular formula is C18H14O3. The van der Waals surface area contributed by atoms with Gasteiger partial charge < -0.3 is 9.52 Å². The summed E-state index contributed by atoms with van der Waals surface area (Å²) in [6, 6.07) is 16.8. The first-order valence-electron chi connectivity index (χ1n) is 6.71. The van der Waals surface area contributed by atoms with Crippen LogP contribution in [0.15, 0.2) is 69.9 Å². The van der Waals surface area contributed by atoms with Crippen molar-refractivity contribution in [1.82, 2.24) is 0 Å². The van der Waals surface area contributed by atoms with Gasteiger partial charge in [0.15, 0.2) is 0 Å². The van der Waals surface area contributed by atoms with Gasteiger partial charge in [0.1, 0.15) is 16.9 Å². The fraction of sp³-hybridized carbons (Fsp3) is 0.0556. The number of rotatable bonds is 3. The Morgan fingerprint density at radius 3 is 2.52 bits per heavy atom. The van der Waals surface area contributed by atoms with Gasteiger partial charge in [-0.25, -0.2) is 4.79 Å². The van der Waals surface area contributed by atoms with E-state index in [2.05, 4.69) is 0 Å². The highest BCUT2D eigenvalue weighted by Gasteiger charge is 2.10. The van der Waals surface area contributed by atoms with Crippen LogP contribution in [0.4, 0.5) is 0 Å².